The first-order valence-electron chi connectivity index (χ1n) is 6.36. The van der Waals surface area contributed by atoms with Crippen LogP contribution in [0, 0.1) is 5.92 Å². The van der Waals surface area contributed by atoms with Gasteiger partial charge < -0.3 is 19.3 Å². The van der Waals surface area contributed by atoms with Crippen molar-refractivity contribution in [2.75, 3.05) is 14.2 Å². The second-order valence-corrected chi connectivity index (χ2v) is 4.90. The highest BCUT2D eigenvalue weighted by Crippen LogP contribution is 2.36. The van der Waals surface area contributed by atoms with Gasteiger partial charge in [0.15, 0.2) is 17.6 Å². The lowest BCUT2D eigenvalue weighted by Crippen LogP contribution is -2.18. The Labute approximate surface area is 117 Å². The van der Waals surface area contributed by atoms with Gasteiger partial charge in [-0.3, -0.25) is 0 Å². The van der Waals surface area contributed by atoms with Gasteiger partial charge in [-0.2, -0.15) is 0 Å². The van der Waals surface area contributed by atoms with E-state index in [2.05, 4.69) is 0 Å². The Morgan fingerprint density at radius 3 is 2.35 bits per heavy atom. The number of ether oxygens (including phenoxy) is 3. The first-order valence-corrected chi connectivity index (χ1v) is 6.36. The van der Waals surface area contributed by atoms with Crippen molar-refractivity contribution >= 4 is 11.5 Å². The lowest BCUT2D eigenvalue weighted by Gasteiger charge is -2.13. The van der Waals surface area contributed by atoms with Crippen molar-refractivity contribution in [2.45, 2.75) is 20.0 Å². The minimum Gasteiger partial charge on any atom is -0.507 e. The first-order chi connectivity index (χ1) is 9.49. The molecular weight excluding hydrogens is 260 g/mol. The van der Waals surface area contributed by atoms with Crippen LogP contribution in [0.15, 0.2) is 24.0 Å². The molecule has 0 spiro atoms. The third-order valence-corrected chi connectivity index (χ3v) is 3.24. The van der Waals surface area contributed by atoms with Crippen molar-refractivity contribution in [1.82, 2.24) is 0 Å². The number of hydrogen-bond acceptors (Lipinski definition) is 5. The highest BCUT2D eigenvalue weighted by atomic mass is 16.6. The average Bonchev–Trinajstić information content (AvgIpc) is 2.73. The number of benzene rings is 1. The van der Waals surface area contributed by atoms with Crippen molar-refractivity contribution in [3.05, 3.63) is 29.5 Å². The predicted molar refractivity (Wildman–Crippen MR) is 73.8 cm³/mol. The maximum Gasteiger partial charge on any atom is 0.343 e. The van der Waals surface area contributed by atoms with Gasteiger partial charge in [-0.15, -0.1) is 0 Å². The summed E-state index contributed by atoms with van der Waals surface area (Å²) in [7, 11) is 3.05. The van der Waals surface area contributed by atoms with Gasteiger partial charge in [0.2, 0.25) is 0 Å². The topological polar surface area (TPSA) is 65.0 Å². The predicted octanol–water partition coefficient (Wildman–Crippen LogP) is 2.55. The second-order valence-electron chi connectivity index (χ2n) is 4.90. The molecule has 0 aromatic heterocycles. The van der Waals surface area contributed by atoms with Gasteiger partial charge >= 0.3 is 5.97 Å². The molecule has 2 rings (SSSR count). The summed E-state index contributed by atoms with van der Waals surface area (Å²) in [6.45, 7) is 3.76. The molecule has 1 aliphatic rings. The Balaban J connectivity index is 2.48. The molecule has 0 bridgehead atoms. The van der Waals surface area contributed by atoms with Crippen molar-refractivity contribution in [2.24, 2.45) is 5.92 Å². The Kier molecular flexibility index (Phi) is 3.88. The average molecular weight is 278 g/mol. The van der Waals surface area contributed by atoms with E-state index in [0.29, 0.717) is 17.1 Å². The summed E-state index contributed by atoms with van der Waals surface area (Å²) in [5, 5.41) is 10.2. The summed E-state index contributed by atoms with van der Waals surface area (Å²) in [5.74, 6) is 0.511. The number of aliphatic hydroxyl groups excluding tert-OH is 1. The molecule has 0 fully saturated rings. The molecule has 1 aromatic rings. The van der Waals surface area contributed by atoms with Crippen LogP contribution < -0.4 is 9.47 Å². The molecule has 0 unspecified atom stereocenters. The zero-order chi connectivity index (χ0) is 14.9. The SMILES string of the molecule is COc1ccc(C2=C(O)[C@@H](C(C)C)OC2=O)cc1OC. The summed E-state index contributed by atoms with van der Waals surface area (Å²) in [6, 6.07) is 5.02. The molecule has 1 N–H and O–H groups in total. The molecule has 0 saturated heterocycles. The minimum absolute atomic E-state index is 0.0107. The van der Waals surface area contributed by atoms with Gasteiger partial charge in [-0.25, -0.2) is 4.79 Å². The molecule has 0 radical (unpaired) electrons. The summed E-state index contributed by atoms with van der Waals surface area (Å²) in [6.07, 6.45) is -0.592. The maximum atomic E-state index is 11.9. The highest BCUT2D eigenvalue weighted by Gasteiger charge is 2.37. The molecular formula is C15H18O5. The Bertz CT molecular complexity index is 559. The molecule has 1 aliphatic heterocycles. The van der Waals surface area contributed by atoms with Crippen LogP contribution in [0.25, 0.3) is 5.57 Å². The van der Waals surface area contributed by atoms with Crippen LogP contribution in [0.4, 0.5) is 0 Å². The molecule has 1 atom stereocenters. The smallest absolute Gasteiger partial charge is 0.343 e. The van der Waals surface area contributed by atoms with Crippen molar-refractivity contribution in [3.63, 3.8) is 0 Å². The fraction of sp³-hybridized carbons (Fsp3) is 0.400. The van der Waals surface area contributed by atoms with Crippen LogP contribution >= 0.6 is 0 Å². The number of esters is 1. The zero-order valence-corrected chi connectivity index (χ0v) is 12.0. The number of methoxy groups -OCH3 is 2. The van der Waals surface area contributed by atoms with Crippen molar-refractivity contribution in [3.8, 4) is 11.5 Å². The van der Waals surface area contributed by atoms with E-state index in [4.69, 9.17) is 14.2 Å². The number of cyclic esters (lactones) is 1. The van der Waals surface area contributed by atoms with Gasteiger partial charge in [0.25, 0.3) is 0 Å². The van der Waals surface area contributed by atoms with E-state index in [-0.39, 0.29) is 17.3 Å². The van der Waals surface area contributed by atoms with E-state index in [0.717, 1.165) is 0 Å². The molecule has 20 heavy (non-hydrogen) atoms. The standard InChI is InChI=1S/C15H18O5/c1-8(2)14-13(16)12(15(17)20-14)9-5-6-10(18-3)11(7-9)19-4/h5-8,14,16H,1-4H3/t14-/m1/s1. The molecule has 1 heterocycles. The van der Waals surface area contributed by atoms with E-state index in [1.165, 1.54) is 14.2 Å². The fourth-order valence-electron chi connectivity index (χ4n) is 2.19. The number of carbonyl (C=O) groups is 1. The van der Waals surface area contributed by atoms with Gasteiger partial charge in [-0.1, -0.05) is 19.9 Å². The third kappa shape index (κ3) is 2.31. The fourth-order valence-corrected chi connectivity index (χ4v) is 2.19. The van der Waals surface area contributed by atoms with Crippen molar-refractivity contribution < 1.29 is 24.1 Å². The number of aliphatic hydroxyl groups is 1. The van der Waals surface area contributed by atoms with Crippen LogP contribution in [-0.2, 0) is 9.53 Å². The van der Waals surface area contributed by atoms with Crippen molar-refractivity contribution in [1.29, 1.82) is 0 Å². The third-order valence-electron chi connectivity index (χ3n) is 3.24. The van der Waals surface area contributed by atoms with E-state index in [9.17, 15) is 9.90 Å². The van der Waals surface area contributed by atoms with Gasteiger partial charge in [0.05, 0.1) is 14.2 Å². The first kappa shape index (κ1) is 14.2. The normalized spacial score (nSPS) is 18.4. The lowest BCUT2D eigenvalue weighted by atomic mass is 10.00. The van der Waals surface area contributed by atoms with Gasteiger partial charge in [-0.05, 0) is 23.6 Å². The number of carbonyl (C=O) groups excluding carboxylic acids is 1. The number of hydrogen-bond donors (Lipinski definition) is 1. The Morgan fingerprint density at radius 1 is 1.20 bits per heavy atom. The lowest BCUT2D eigenvalue weighted by molar-refractivity contribution is -0.140. The minimum atomic E-state index is -0.592. The van der Waals surface area contributed by atoms with Crippen LogP contribution in [0.3, 0.4) is 0 Å². The summed E-state index contributed by atoms with van der Waals surface area (Å²) >= 11 is 0. The van der Waals surface area contributed by atoms with E-state index in [1.807, 2.05) is 13.8 Å². The molecule has 0 amide bonds. The molecule has 0 aliphatic carbocycles. The largest absolute Gasteiger partial charge is 0.507 e. The summed E-state index contributed by atoms with van der Waals surface area (Å²) < 4.78 is 15.5. The molecule has 1 aromatic carbocycles. The second kappa shape index (κ2) is 5.45. The molecule has 5 heteroatoms. The monoisotopic (exact) mass is 278 g/mol. The molecule has 108 valence electrons. The van der Waals surface area contributed by atoms with Crippen LogP contribution in [-0.4, -0.2) is 31.4 Å². The number of rotatable bonds is 4. The van der Waals surface area contributed by atoms with Crippen LogP contribution in [0.1, 0.15) is 19.4 Å². The summed E-state index contributed by atoms with van der Waals surface area (Å²) in [5.41, 5.74) is 0.734. The van der Waals surface area contributed by atoms with Crippen LogP contribution in [0.5, 0.6) is 11.5 Å². The quantitative estimate of drug-likeness (QED) is 0.857. The maximum absolute atomic E-state index is 11.9. The molecule has 0 saturated carbocycles. The van der Waals surface area contributed by atoms with Gasteiger partial charge in [0, 0.05) is 0 Å². The van der Waals surface area contributed by atoms with E-state index >= 15 is 0 Å². The zero-order valence-electron chi connectivity index (χ0n) is 12.0. The highest BCUT2D eigenvalue weighted by molar-refractivity contribution is 6.19. The van der Waals surface area contributed by atoms with Gasteiger partial charge in [0.1, 0.15) is 11.3 Å². The van der Waals surface area contributed by atoms with E-state index < -0.39 is 12.1 Å². The summed E-state index contributed by atoms with van der Waals surface area (Å²) in [4.78, 5) is 11.9. The Morgan fingerprint density at radius 2 is 1.85 bits per heavy atom. The van der Waals surface area contributed by atoms with E-state index in [1.54, 1.807) is 18.2 Å². The van der Waals surface area contributed by atoms with Crippen LogP contribution in [0.2, 0.25) is 0 Å². The molecule has 5 nitrogen and oxygen atoms in total. The Hall–Kier alpha value is -2.17.